The molecule has 1 heterocycles. The maximum Gasteiger partial charge on any atom is 0.223 e. The highest BCUT2D eigenvalue weighted by Gasteiger charge is 2.24. The van der Waals surface area contributed by atoms with E-state index in [4.69, 9.17) is 5.73 Å². The quantitative estimate of drug-likeness (QED) is 0.671. The van der Waals surface area contributed by atoms with Gasteiger partial charge in [0.1, 0.15) is 0 Å². The molecule has 4 heteroatoms. The van der Waals surface area contributed by atoms with Gasteiger partial charge in [0.05, 0.1) is 6.10 Å². The lowest BCUT2D eigenvalue weighted by Gasteiger charge is -2.33. The topological polar surface area (TPSA) is 66.6 Å². The molecular formula is C10H20N2O2. The Morgan fingerprint density at radius 1 is 1.57 bits per heavy atom. The molecule has 0 aliphatic carbocycles. The second kappa shape index (κ2) is 5.32. The Labute approximate surface area is 85.1 Å². The van der Waals surface area contributed by atoms with Crippen LogP contribution in [0.3, 0.4) is 0 Å². The van der Waals surface area contributed by atoms with Crippen molar-refractivity contribution in [2.45, 2.75) is 32.3 Å². The first-order valence-corrected chi connectivity index (χ1v) is 5.31. The largest absolute Gasteiger partial charge is 0.393 e. The molecule has 4 nitrogen and oxygen atoms in total. The molecule has 0 saturated carbocycles. The van der Waals surface area contributed by atoms with Crippen molar-refractivity contribution in [3.63, 3.8) is 0 Å². The number of amides is 1. The zero-order valence-electron chi connectivity index (χ0n) is 8.78. The molecule has 0 radical (unpaired) electrons. The van der Waals surface area contributed by atoms with Crippen molar-refractivity contribution in [3.8, 4) is 0 Å². The third-order valence-corrected chi connectivity index (χ3v) is 2.93. The first kappa shape index (κ1) is 11.5. The zero-order valence-corrected chi connectivity index (χ0v) is 8.78. The Balaban J connectivity index is 2.31. The van der Waals surface area contributed by atoms with Gasteiger partial charge in [-0.2, -0.15) is 0 Å². The van der Waals surface area contributed by atoms with E-state index >= 15 is 0 Å². The molecule has 0 unspecified atom stereocenters. The predicted octanol–water partition coefficient (Wildman–Crippen LogP) is -0.0454. The van der Waals surface area contributed by atoms with Crippen LogP contribution in [-0.2, 0) is 4.79 Å². The van der Waals surface area contributed by atoms with Gasteiger partial charge >= 0.3 is 0 Å². The van der Waals surface area contributed by atoms with Crippen LogP contribution in [0.1, 0.15) is 26.2 Å². The van der Waals surface area contributed by atoms with Gasteiger partial charge in [-0.15, -0.1) is 0 Å². The molecule has 3 N–H and O–H groups in total. The highest BCUT2D eigenvalue weighted by molar-refractivity contribution is 5.76. The van der Waals surface area contributed by atoms with Crippen LogP contribution in [-0.4, -0.2) is 41.7 Å². The Hall–Kier alpha value is -0.610. The van der Waals surface area contributed by atoms with Crippen molar-refractivity contribution in [2.24, 2.45) is 11.7 Å². The Bertz CT molecular complexity index is 187. The molecule has 1 saturated heterocycles. The first-order chi connectivity index (χ1) is 6.65. The minimum absolute atomic E-state index is 0.150. The highest BCUT2D eigenvalue weighted by Crippen LogP contribution is 2.20. The lowest BCUT2D eigenvalue weighted by atomic mass is 9.92. The second-order valence-corrected chi connectivity index (χ2v) is 4.00. The Kier molecular flexibility index (Phi) is 4.35. The van der Waals surface area contributed by atoms with Gasteiger partial charge in [0, 0.05) is 26.1 Å². The van der Waals surface area contributed by atoms with Gasteiger partial charge in [0.25, 0.3) is 0 Å². The first-order valence-electron chi connectivity index (χ1n) is 5.31. The maximum atomic E-state index is 11.5. The van der Waals surface area contributed by atoms with Crippen LogP contribution in [0, 0.1) is 5.92 Å². The zero-order chi connectivity index (χ0) is 10.6. The lowest BCUT2D eigenvalue weighted by Crippen LogP contribution is -2.41. The summed E-state index contributed by atoms with van der Waals surface area (Å²) in [4.78, 5) is 13.3. The molecule has 0 aromatic rings. The van der Waals surface area contributed by atoms with E-state index in [0.717, 1.165) is 25.9 Å². The van der Waals surface area contributed by atoms with Gasteiger partial charge in [-0.25, -0.2) is 0 Å². The van der Waals surface area contributed by atoms with Crippen LogP contribution in [0.15, 0.2) is 0 Å². The molecule has 1 amide bonds. The molecule has 82 valence electrons. The third-order valence-electron chi connectivity index (χ3n) is 2.93. The SMILES string of the molecule is C[C@@H](O)C1CCN(C(=O)CCN)CC1. The molecule has 1 rings (SSSR count). The van der Waals surface area contributed by atoms with E-state index in [-0.39, 0.29) is 12.0 Å². The van der Waals surface area contributed by atoms with Gasteiger partial charge in [-0.3, -0.25) is 4.79 Å². The van der Waals surface area contributed by atoms with E-state index in [9.17, 15) is 9.90 Å². The normalized spacial score (nSPS) is 20.9. The van der Waals surface area contributed by atoms with Crippen LogP contribution in [0.2, 0.25) is 0 Å². The van der Waals surface area contributed by atoms with Crippen molar-refractivity contribution >= 4 is 5.91 Å². The number of piperidine rings is 1. The van der Waals surface area contributed by atoms with Crippen molar-refractivity contribution in [1.82, 2.24) is 4.90 Å². The molecule has 0 aromatic carbocycles. The summed E-state index contributed by atoms with van der Waals surface area (Å²) in [7, 11) is 0. The predicted molar refractivity (Wildman–Crippen MR) is 54.7 cm³/mol. The number of likely N-dealkylation sites (tertiary alicyclic amines) is 1. The number of hydrogen-bond acceptors (Lipinski definition) is 3. The van der Waals surface area contributed by atoms with E-state index in [1.165, 1.54) is 0 Å². The number of aliphatic hydroxyl groups is 1. The molecule has 0 bridgehead atoms. The Morgan fingerprint density at radius 2 is 2.14 bits per heavy atom. The van der Waals surface area contributed by atoms with Crippen LogP contribution < -0.4 is 5.73 Å². The summed E-state index contributed by atoms with van der Waals surface area (Å²) < 4.78 is 0. The summed E-state index contributed by atoms with van der Waals surface area (Å²) in [6.07, 6.45) is 2.02. The molecule has 1 aliphatic rings. The number of hydrogen-bond donors (Lipinski definition) is 2. The maximum absolute atomic E-state index is 11.5. The monoisotopic (exact) mass is 200 g/mol. The summed E-state index contributed by atoms with van der Waals surface area (Å²) in [5.74, 6) is 0.508. The average Bonchev–Trinajstić information content (AvgIpc) is 2.18. The molecule has 0 aromatic heterocycles. The standard InChI is InChI=1S/C10H20N2O2/c1-8(13)9-3-6-12(7-4-9)10(14)2-5-11/h8-9,13H,2-7,11H2,1H3/t8-/m1/s1. The van der Waals surface area contributed by atoms with Crippen molar-refractivity contribution in [2.75, 3.05) is 19.6 Å². The fourth-order valence-corrected chi connectivity index (χ4v) is 1.91. The number of rotatable bonds is 3. The fraction of sp³-hybridized carbons (Fsp3) is 0.900. The molecule has 1 atom stereocenters. The molecule has 14 heavy (non-hydrogen) atoms. The number of aliphatic hydroxyl groups excluding tert-OH is 1. The summed E-state index contributed by atoms with van der Waals surface area (Å²) in [6.45, 7) is 3.79. The van der Waals surface area contributed by atoms with Gasteiger partial charge < -0.3 is 15.7 Å². The van der Waals surface area contributed by atoms with Crippen LogP contribution in [0.4, 0.5) is 0 Å². The average molecular weight is 200 g/mol. The lowest BCUT2D eigenvalue weighted by molar-refractivity contribution is -0.132. The van der Waals surface area contributed by atoms with Crippen molar-refractivity contribution in [1.29, 1.82) is 0 Å². The van der Waals surface area contributed by atoms with Gasteiger partial charge in [-0.05, 0) is 25.7 Å². The van der Waals surface area contributed by atoms with E-state index < -0.39 is 0 Å². The van der Waals surface area contributed by atoms with E-state index in [1.807, 2.05) is 11.8 Å². The van der Waals surface area contributed by atoms with Crippen molar-refractivity contribution in [3.05, 3.63) is 0 Å². The summed E-state index contributed by atoms with van der Waals surface area (Å²) in [6, 6.07) is 0. The van der Waals surface area contributed by atoms with Crippen LogP contribution in [0.25, 0.3) is 0 Å². The summed E-state index contributed by atoms with van der Waals surface area (Å²) in [5, 5.41) is 9.38. The third kappa shape index (κ3) is 2.96. The highest BCUT2D eigenvalue weighted by atomic mass is 16.3. The number of nitrogens with two attached hydrogens (primary N) is 1. The van der Waals surface area contributed by atoms with E-state index in [1.54, 1.807) is 0 Å². The van der Waals surface area contributed by atoms with Crippen molar-refractivity contribution < 1.29 is 9.90 Å². The summed E-state index contributed by atoms with van der Waals surface area (Å²) in [5.41, 5.74) is 5.32. The molecular weight excluding hydrogens is 180 g/mol. The summed E-state index contributed by atoms with van der Waals surface area (Å²) >= 11 is 0. The van der Waals surface area contributed by atoms with Gasteiger partial charge in [0.2, 0.25) is 5.91 Å². The van der Waals surface area contributed by atoms with Crippen LogP contribution in [0.5, 0.6) is 0 Å². The minimum atomic E-state index is -0.248. The molecule has 0 spiro atoms. The molecule has 1 fully saturated rings. The van der Waals surface area contributed by atoms with E-state index in [0.29, 0.717) is 18.9 Å². The number of carbonyl (C=O) groups excluding carboxylic acids is 1. The minimum Gasteiger partial charge on any atom is -0.393 e. The van der Waals surface area contributed by atoms with Gasteiger partial charge in [-0.1, -0.05) is 0 Å². The smallest absolute Gasteiger partial charge is 0.223 e. The fourth-order valence-electron chi connectivity index (χ4n) is 1.91. The number of nitrogens with zero attached hydrogens (tertiary/aromatic N) is 1. The van der Waals surface area contributed by atoms with E-state index in [2.05, 4.69) is 0 Å². The van der Waals surface area contributed by atoms with Gasteiger partial charge in [0.15, 0.2) is 0 Å². The second-order valence-electron chi connectivity index (χ2n) is 4.00. The Morgan fingerprint density at radius 3 is 2.57 bits per heavy atom. The number of carbonyl (C=O) groups is 1. The van der Waals surface area contributed by atoms with Crippen LogP contribution >= 0.6 is 0 Å². The molecule has 1 aliphatic heterocycles.